The molecule has 2 aromatic rings. The highest BCUT2D eigenvalue weighted by Crippen LogP contribution is 2.28. The van der Waals surface area contributed by atoms with Gasteiger partial charge in [0, 0.05) is 31.5 Å². The minimum Gasteiger partial charge on any atom is -0.480 e. The molecule has 2 amide bonds. The van der Waals surface area contributed by atoms with Crippen LogP contribution in [0.3, 0.4) is 0 Å². The van der Waals surface area contributed by atoms with Gasteiger partial charge in [0.2, 0.25) is 0 Å². The first-order valence-corrected chi connectivity index (χ1v) is 9.53. The number of aliphatic carboxylic acids is 1. The summed E-state index contributed by atoms with van der Waals surface area (Å²) in [6, 6.07) is 9.53. The van der Waals surface area contributed by atoms with Crippen molar-refractivity contribution in [3.05, 3.63) is 54.1 Å². The molecule has 1 aromatic carbocycles. The van der Waals surface area contributed by atoms with Crippen molar-refractivity contribution >= 4 is 12.0 Å². The Morgan fingerprint density at radius 1 is 1.32 bits per heavy atom. The lowest BCUT2D eigenvalue weighted by atomic mass is 9.85. The van der Waals surface area contributed by atoms with E-state index in [0.717, 1.165) is 18.4 Å². The van der Waals surface area contributed by atoms with Crippen LogP contribution in [0.1, 0.15) is 37.2 Å². The summed E-state index contributed by atoms with van der Waals surface area (Å²) in [5.74, 6) is -0.118. The first-order chi connectivity index (χ1) is 13.5. The molecule has 3 N–H and O–H groups in total. The minimum atomic E-state index is -0.821. The average molecular weight is 385 g/mol. The quantitative estimate of drug-likeness (QED) is 0.646. The van der Waals surface area contributed by atoms with E-state index in [9.17, 15) is 9.59 Å². The summed E-state index contributed by atoms with van der Waals surface area (Å²) in [6.45, 7) is 2.68. The number of H-pyrrole nitrogens is 1. The maximum Gasteiger partial charge on any atom is 0.318 e. The van der Waals surface area contributed by atoms with Crippen molar-refractivity contribution in [3.63, 3.8) is 0 Å². The van der Waals surface area contributed by atoms with E-state index < -0.39 is 5.97 Å². The molecule has 0 saturated heterocycles. The fraction of sp³-hybridized carbons (Fsp3) is 0.450. The van der Waals surface area contributed by atoms with Crippen molar-refractivity contribution in [3.8, 4) is 0 Å². The van der Waals surface area contributed by atoms with E-state index in [1.165, 1.54) is 0 Å². The molecule has 1 atom stereocenters. The summed E-state index contributed by atoms with van der Waals surface area (Å²) in [5.41, 5.74) is 0.972. The fourth-order valence-corrected chi connectivity index (χ4v) is 3.70. The van der Waals surface area contributed by atoms with Crippen LogP contribution in [0.4, 0.5) is 4.79 Å². The zero-order chi connectivity index (χ0) is 20.1. The third-order valence-corrected chi connectivity index (χ3v) is 5.30. The highest BCUT2D eigenvalue weighted by atomic mass is 16.4. The maximum atomic E-state index is 12.8. The molecule has 8 nitrogen and oxygen atoms in total. The summed E-state index contributed by atoms with van der Waals surface area (Å²) in [5, 5.41) is 12.1. The topological polar surface area (TPSA) is 102 Å². The molecule has 1 aliphatic carbocycles. The van der Waals surface area contributed by atoms with Gasteiger partial charge in [-0.15, -0.1) is 0 Å². The van der Waals surface area contributed by atoms with Crippen LogP contribution in [0.5, 0.6) is 0 Å². The number of nitrogens with one attached hydrogen (secondary N) is 2. The number of carboxylic acid groups (broad SMARTS) is 1. The van der Waals surface area contributed by atoms with Crippen LogP contribution in [0.15, 0.2) is 42.7 Å². The van der Waals surface area contributed by atoms with Gasteiger partial charge in [-0.3, -0.25) is 9.69 Å². The third-order valence-electron chi connectivity index (χ3n) is 5.30. The number of benzene rings is 1. The first kappa shape index (κ1) is 19.9. The van der Waals surface area contributed by atoms with Crippen LogP contribution >= 0.6 is 0 Å². The van der Waals surface area contributed by atoms with Gasteiger partial charge in [-0.2, -0.15) is 0 Å². The van der Waals surface area contributed by atoms with Gasteiger partial charge in [0.05, 0.1) is 6.54 Å². The Labute approximate surface area is 164 Å². The molecule has 0 aliphatic heterocycles. The highest BCUT2D eigenvalue weighted by molar-refractivity contribution is 5.75. The number of imidazole rings is 1. The summed E-state index contributed by atoms with van der Waals surface area (Å²) < 4.78 is 0. The smallest absolute Gasteiger partial charge is 0.318 e. The van der Waals surface area contributed by atoms with Crippen molar-refractivity contribution in [2.45, 2.75) is 37.9 Å². The molecule has 1 unspecified atom stereocenters. The Kier molecular flexibility index (Phi) is 6.30. The lowest BCUT2D eigenvalue weighted by Crippen LogP contribution is -2.56. The number of carbonyl (C=O) groups excluding carboxylic acids is 1. The highest BCUT2D eigenvalue weighted by Gasteiger charge is 2.36. The van der Waals surface area contributed by atoms with Gasteiger partial charge in [0.25, 0.3) is 0 Å². The standard InChI is InChI=1S/C20H27N5O3/c1-3-25(13-17(26)27)16-11-15(12-16)23-20(28)24(2)18(19-21-9-10-22-19)14-7-5-4-6-8-14/h4-10,15-16,18H,3,11-13H2,1-2H3,(H,21,22)(H,23,28)(H,26,27). The lowest BCUT2D eigenvalue weighted by Gasteiger charge is -2.43. The molecule has 1 heterocycles. The summed E-state index contributed by atoms with van der Waals surface area (Å²) in [7, 11) is 1.76. The predicted molar refractivity (Wildman–Crippen MR) is 105 cm³/mol. The van der Waals surface area contributed by atoms with Gasteiger partial charge in [0.15, 0.2) is 0 Å². The number of hydrogen-bond acceptors (Lipinski definition) is 4. The zero-order valence-electron chi connectivity index (χ0n) is 16.2. The number of rotatable bonds is 8. The van der Waals surface area contributed by atoms with Gasteiger partial charge in [-0.1, -0.05) is 37.3 Å². The number of carboxylic acids is 1. The van der Waals surface area contributed by atoms with Crippen LogP contribution in [-0.2, 0) is 4.79 Å². The Hall–Kier alpha value is -2.87. The van der Waals surface area contributed by atoms with Crippen molar-refractivity contribution < 1.29 is 14.7 Å². The van der Waals surface area contributed by atoms with Gasteiger partial charge >= 0.3 is 12.0 Å². The number of aromatic amines is 1. The van der Waals surface area contributed by atoms with E-state index in [1.54, 1.807) is 24.3 Å². The van der Waals surface area contributed by atoms with Crippen molar-refractivity contribution in [1.82, 2.24) is 25.1 Å². The number of amides is 2. The Morgan fingerprint density at radius 2 is 2.04 bits per heavy atom. The van der Waals surface area contributed by atoms with Gasteiger partial charge in [0.1, 0.15) is 11.9 Å². The molecule has 150 valence electrons. The third kappa shape index (κ3) is 4.51. The SMILES string of the molecule is CCN(CC(=O)O)C1CC(NC(=O)N(C)C(c2ccccc2)c2ncc[nH]2)C1. The van der Waals surface area contributed by atoms with Crippen LogP contribution < -0.4 is 5.32 Å². The largest absolute Gasteiger partial charge is 0.480 e. The summed E-state index contributed by atoms with van der Waals surface area (Å²) in [4.78, 5) is 34.8. The predicted octanol–water partition coefficient (Wildman–Crippen LogP) is 2.08. The molecule has 8 heteroatoms. The molecule has 0 bridgehead atoms. The second kappa shape index (κ2) is 8.88. The second-order valence-electron chi connectivity index (χ2n) is 7.13. The fourth-order valence-electron chi connectivity index (χ4n) is 3.70. The zero-order valence-corrected chi connectivity index (χ0v) is 16.2. The van der Waals surface area contributed by atoms with E-state index in [2.05, 4.69) is 15.3 Å². The van der Waals surface area contributed by atoms with E-state index in [-0.39, 0.29) is 30.7 Å². The monoisotopic (exact) mass is 385 g/mol. The molecule has 1 aliphatic rings. The number of carbonyl (C=O) groups is 2. The van der Waals surface area contributed by atoms with Crippen molar-refractivity contribution in [2.75, 3.05) is 20.1 Å². The number of nitrogens with zero attached hydrogens (tertiary/aromatic N) is 3. The molecule has 1 saturated carbocycles. The molecule has 1 fully saturated rings. The number of hydrogen-bond donors (Lipinski definition) is 3. The molecule has 3 rings (SSSR count). The minimum absolute atomic E-state index is 0.0380. The summed E-state index contributed by atoms with van der Waals surface area (Å²) >= 11 is 0. The Morgan fingerprint density at radius 3 is 2.61 bits per heavy atom. The maximum absolute atomic E-state index is 12.8. The number of urea groups is 1. The van der Waals surface area contributed by atoms with Crippen molar-refractivity contribution in [2.24, 2.45) is 0 Å². The van der Waals surface area contributed by atoms with Crippen LogP contribution in [0, 0.1) is 0 Å². The number of aromatic nitrogens is 2. The summed E-state index contributed by atoms with van der Waals surface area (Å²) in [6.07, 6.45) is 4.94. The number of likely N-dealkylation sites (N-methyl/N-ethyl adjacent to an activating group) is 1. The van der Waals surface area contributed by atoms with E-state index in [4.69, 9.17) is 5.11 Å². The first-order valence-electron chi connectivity index (χ1n) is 9.53. The molecular weight excluding hydrogens is 358 g/mol. The average Bonchev–Trinajstić information content (AvgIpc) is 3.17. The lowest BCUT2D eigenvalue weighted by molar-refractivity contribution is -0.139. The van der Waals surface area contributed by atoms with Crippen LogP contribution in [0.25, 0.3) is 0 Å². The van der Waals surface area contributed by atoms with Crippen LogP contribution in [-0.4, -0.2) is 69.1 Å². The molecule has 0 radical (unpaired) electrons. The molecular formula is C20H27N5O3. The Bertz CT molecular complexity index is 774. The molecule has 1 aromatic heterocycles. The Balaban J connectivity index is 1.61. The van der Waals surface area contributed by atoms with E-state index in [0.29, 0.717) is 12.4 Å². The normalized spacial score (nSPS) is 19.7. The second-order valence-corrected chi connectivity index (χ2v) is 7.13. The van der Waals surface area contributed by atoms with Gasteiger partial charge in [-0.25, -0.2) is 9.78 Å². The van der Waals surface area contributed by atoms with E-state index in [1.807, 2.05) is 42.2 Å². The van der Waals surface area contributed by atoms with Crippen LogP contribution in [0.2, 0.25) is 0 Å². The van der Waals surface area contributed by atoms with Gasteiger partial charge < -0.3 is 20.3 Å². The molecule has 28 heavy (non-hydrogen) atoms. The molecule has 0 spiro atoms. The van der Waals surface area contributed by atoms with Gasteiger partial charge in [-0.05, 0) is 24.9 Å². The van der Waals surface area contributed by atoms with Crippen molar-refractivity contribution in [1.29, 1.82) is 0 Å². The van der Waals surface area contributed by atoms with E-state index >= 15 is 0 Å².